The Bertz CT molecular complexity index is 357. The maximum absolute atomic E-state index is 11.7. The molecule has 17 heavy (non-hydrogen) atoms. The Balaban J connectivity index is 2.47. The summed E-state index contributed by atoms with van der Waals surface area (Å²) < 4.78 is 5.45. The lowest BCUT2D eigenvalue weighted by Crippen LogP contribution is -2.36. The SMILES string of the molecule is CCc1ccc(OCC(=O)N(C)C(C)C)cc1. The molecule has 0 saturated carbocycles. The zero-order chi connectivity index (χ0) is 12.8. The molecule has 0 N–H and O–H groups in total. The fourth-order valence-electron chi connectivity index (χ4n) is 1.36. The summed E-state index contributed by atoms with van der Waals surface area (Å²) in [5, 5.41) is 0. The number of ether oxygens (including phenoxy) is 1. The number of likely N-dealkylation sites (N-methyl/N-ethyl adjacent to an activating group) is 1. The number of benzene rings is 1. The number of nitrogens with zero attached hydrogens (tertiary/aromatic N) is 1. The van der Waals surface area contributed by atoms with Crippen molar-refractivity contribution in [3.8, 4) is 5.75 Å². The quantitative estimate of drug-likeness (QED) is 0.784. The summed E-state index contributed by atoms with van der Waals surface area (Å²) in [6.45, 7) is 6.17. The van der Waals surface area contributed by atoms with Gasteiger partial charge in [0.1, 0.15) is 5.75 Å². The maximum atomic E-state index is 11.7. The predicted octanol–water partition coefficient (Wildman–Crippen LogP) is 2.49. The van der Waals surface area contributed by atoms with Gasteiger partial charge in [-0.2, -0.15) is 0 Å². The molecule has 0 unspecified atom stereocenters. The van der Waals surface area contributed by atoms with Crippen LogP contribution in [0.3, 0.4) is 0 Å². The van der Waals surface area contributed by atoms with Crippen LogP contribution in [0.5, 0.6) is 5.75 Å². The smallest absolute Gasteiger partial charge is 0.260 e. The standard InChI is InChI=1S/C14H21NO2/c1-5-12-6-8-13(9-7-12)17-10-14(16)15(4)11(2)3/h6-9,11H,5,10H2,1-4H3. The highest BCUT2D eigenvalue weighted by molar-refractivity contribution is 5.77. The Morgan fingerprint density at radius 3 is 2.35 bits per heavy atom. The number of carbonyl (C=O) groups is 1. The van der Waals surface area contributed by atoms with Gasteiger partial charge < -0.3 is 9.64 Å². The average molecular weight is 235 g/mol. The molecular formula is C14H21NO2. The minimum atomic E-state index is -0.000400. The molecule has 1 rings (SSSR count). The van der Waals surface area contributed by atoms with Gasteiger partial charge in [0.05, 0.1) is 0 Å². The molecule has 0 aromatic heterocycles. The number of amides is 1. The molecule has 0 saturated heterocycles. The molecule has 0 atom stereocenters. The van der Waals surface area contributed by atoms with Crippen LogP contribution < -0.4 is 4.74 Å². The van der Waals surface area contributed by atoms with Gasteiger partial charge in [-0.25, -0.2) is 0 Å². The summed E-state index contributed by atoms with van der Waals surface area (Å²) in [5.74, 6) is 0.743. The third-order valence-corrected chi connectivity index (χ3v) is 2.86. The first-order valence-corrected chi connectivity index (χ1v) is 6.02. The van der Waals surface area contributed by atoms with Gasteiger partial charge in [-0.3, -0.25) is 4.79 Å². The summed E-state index contributed by atoms with van der Waals surface area (Å²) in [5.41, 5.74) is 1.27. The number of hydrogen-bond donors (Lipinski definition) is 0. The number of hydrogen-bond acceptors (Lipinski definition) is 2. The summed E-state index contributed by atoms with van der Waals surface area (Å²) in [6.07, 6.45) is 1.01. The van der Waals surface area contributed by atoms with Crippen molar-refractivity contribution in [2.24, 2.45) is 0 Å². The molecule has 1 aromatic rings. The molecule has 3 nitrogen and oxygen atoms in total. The first kappa shape index (κ1) is 13.6. The van der Waals surface area contributed by atoms with Crippen LogP contribution in [0.15, 0.2) is 24.3 Å². The van der Waals surface area contributed by atoms with Crippen molar-refractivity contribution in [1.82, 2.24) is 4.90 Å². The van der Waals surface area contributed by atoms with Crippen LogP contribution >= 0.6 is 0 Å². The van der Waals surface area contributed by atoms with Crippen molar-refractivity contribution < 1.29 is 9.53 Å². The van der Waals surface area contributed by atoms with Gasteiger partial charge in [0.25, 0.3) is 5.91 Å². The lowest BCUT2D eigenvalue weighted by molar-refractivity contribution is -0.133. The zero-order valence-electron chi connectivity index (χ0n) is 11.1. The van der Waals surface area contributed by atoms with Gasteiger partial charge in [0.15, 0.2) is 6.61 Å². The second-order valence-electron chi connectivity index (χ2n) is 4.38. The van der Waals surface area contributed by atoms with E-state index in [4.69, 9.17) is 4.74 Å². The molecule has 1 aromatic carbocycles. The third-order valence-electron chi connectivity index (χ3n) is 2.86. The Hall–Kier alpha value is -1.51. The van der Waals surface area contributed by atoms with Crippen molar-refractivity contribution in [2.75, 3.05) is 13.7 Å². The molecular weight excluding hydrogens is 214 g/mol. The van der Waals surface area contributed by atoms with Gasteiger partial charge in [0.2, 0.25) is 0 Å². The topological polar surface area (TPSA) is 29.5 Å². The van der Waals surface area contributed by atoms with E-state index >= 15 is 0 Å². The van der Waals surface area contributed by atoms with Gasteiger partial charge in [-0.05, 0) is 38.0 Å². The highest BCUT2D eigenvalue weighted by Crippen LogP contribution is 2.12. The van der Waals surface area contributed by atoms with Gasteiger partial charge in [-0.15, -0.1) is 0 Å². The first-order chi connectivity index (χ1) is 8.04. The summed E-state index contributed by atoms with van der Waals surface area (Å²) in [7, 11) is 1.79. The average Bonchev–Trinajstić information content (AvgIpc) is 2.35. The van der Waals surface area contributed by atoms with E-state index in [1.54, 1.807) is 11.9 Å². The zero-order valence-corrected chi connectivity index (χ0v) is 11.1. The van der Waals surface area contributed by atoms with Crippen molar-refractivity contribution in [2.45, 2.75) is 33.2 Å². The molecule has 1 amide bonds. The maximum Gasteiger partial charge on any atom is 0.260 e. The molecule has 0 fully saturated rings. The number of rotatable bonds is 5. The Morgan fingerprint density at radius 1 is 1.29 bits per heavy atom. The molecule has 0 spiro atoms. The van der Waals surface area contributed by atoms with Crippen LogP contribution in [-0.2, 0) is 11.2 Å². The van der Waals surface area contributed by atoms with Crippen LogP contribution in [-0.4, -0.2) is 30.5 Å². The Morgan fingerprint density at radius 2 is 1.88 bits per heavy atom. The van der Waals surface area contributed by atoms with E-state index in [1.165, 1.54) is 5.56 Å². The molecule has 0 aliphatic heterocycles. The minimum absolute atomic E-state index is 0.000400. The van der Waals surface area contributed by atoms with E-state index in [-0.39, 0.29) is 18.6 Å². The summed E-state index contributed by atoms with van der Waals surface area (Å²) in [4.78, 5) is 13.4. The lowest BCUT2D eigenvalue weighted by Gasteiger charge is -2.21. The molecule has 0 aliphatic rings. The van der Waals surface area contributed by atoms with E-state index in [0.29, 0.717) is 0 Å². The van der Waals surface area contributed by atoms with Gasteiger partial charge in [-0.1, -0.05) is 19.1 Å². The molecule has 94 valence electrons. The van der Waals surface area contributed by atoms with Crippen molar-refractivity contribution in [1.29, 1.82) is 0 Å². The van der Waals surface area contributed by atoms with Crippen molar-refractivity contribution in [3.63, 3.8) is 0 Å². The molecule has 0 heterocycles. The highest BCUT2D eigenvalue weighted by Gasteiger charge is 2.12. The summed E-state index contributed by atoms with van der Waals surface area (Å²) >= 11 is 0. The van der Waals surface area contributed by atoms with Crippen LogP contribution in [0, 0.1) is 0 Å². The molecule has 0 bridgehead atoms. The first-order valence-electron chi connectivity index (χ1n) is 6.02. The van der Waals surface area contributed by atoms with Crippen LogP contribution in [0.4, 0.5) is 0 Å². The highest BCUT2D eigenvalue weighted by atomic mass is 16.5. The normalized spacial score (nSPS) is 10.4. The fourth-order valence-corrected chi connectivity index (χ4v) is 1.36. The van der Waals surface area contributed by atoms with Crippen LogP contribution in [0.1, 0.15) is 26.3 Å². The van der Waals surface area contributed by atoms with Crippen LogP contribution in [0.25, 0.3) is 0 Å². The molecule has 3 heteroatoms. The molecule has 0 radical (unpaired) electrons. The fraction of sp³-hybridized carbons (Fsp3) is 0.500. The van der Waals surface area contributed by atoms with Crippen molar-refractivity contribution in [3.05, 3.63) is 29.8 Å². The third kappa shape index (κ3) is 4.10. The predicted molar refractivity (Wildman–Crippen MR) is 69.2 cm³/mol. The lowest BCUT2D eigenvalue weighted by atomic mass is 10.2. The van der Waals surface area contributed by atoms with E-state index in [9.17, 15) is 4.79 Å². The second-order valence-corrected chi connectivity index (χ2v) is 4.38. The van der Waals surface area contributed by atoms with Crippen molar-refractivity contribution >= 4 is 5.91 Å². The van der Waals surface area contributed by atoms with Gasteiger partial charge >= 0.3 is 0 Å². The minimum Gasteiger partial charge on any atom is -0.484 e. The van der Waals surface area contributed by atoms with E-state index in [2.05, 4.69) is 6.92 Å². The number of aryl methyl sites for hydroxylation is 1. The van der Waals surface area contributed by atoms with E-state index in [0.717, 1.165) is 12.2 Å². The van der Waals surface area contributed by atoms with Crippen LogP contribution in [0.2, 0.25) is 0 Å². The van der Waals surface area contributed by atoms with Gasteiger partial charge in [0, 0.05) is 13.1 Å². The largest absolute Gasteiger partial charge is 0.484 e. The second kappa shape index (κ2) is 6.28. The molecule has 0 aliphatic carbocycles. The Labute approximate surface area is 103 Å². The Kier molecular flexibility index (Phi) is 5.01. The van der Waals surface area contributed by atoms with E-state index < -0.39 is 0 Å². The monoisotopic (exact) mass is 235 g/mol. The number of carbonyl (C=O) groups excluding carboxylic acids is 1. The summed E-state index contributed by atoms with van der Waals surface area (Å²) in [6, 6.07) is 8.05. The van der Waals surface area contributed by atoms with E-state index in [1.807, 2.05) is 38.1 Å².